The number of nitrogens with zero attached hydrogens (tertiary/aromatic N) is 1. The van der Waals surface area contributed by atoms with Crippen LogP contribution in [0.1, 0.15) is 26.2 Å². The first-order valence-corrected chi connectivity index (χ1v) is 6.20. The van der Waals surface area contributed by atoms with Gasteiger partial charge in [-0.15, -0.1) is 0 Å². The minimum absolute atomic E-state index is 0.782. The molecule has 0 spiro atoms. The molecular weight excluding hydrogens is 210 g/mol. The topological polar surface area (TPSA) is 20.3 Å². The van der Waals surface area contributed by atoms with Crippen molar-refractivity contribution in [2.45, 2.75) is 26.2 Å². The van der Waals surface area contributed by atoms with Crippen LogP contribution in [0.25, 0.3) is 0 Å². The number of carbonyl (C=O) groups is 1. The fourth-order valence-electron chi connectivity index (χ4n) is 1.75. The van der Waals surface area contributed by atoms with Crippen molar-refractivity contribution in [3.05, 3.63) is 48.2 Å². The molecular formula is C15H21NO. The van der Waals surface area contributed by atoms with E-state index in [0.29, 0.717) is 0 Å². The van der Waals surface area contributed by atoms with Crippen molar-refractivity contribution in [3.8, 4) is 0 Å². The molecule has 1 aliphatic rings. The van der Waals surface area contributed by atoms with E-state index in [-0.39, 0.29) is 0 Å². The predicted octanol–water partition coefficient (Wildman–Crippen LogP) is 3.24. The average Bonchev–Trinajstić information content (AvgIpc) is 2.36. The third-order valence-electron chi connectivity index (χ3n) is 2.71. The highest BCUT2D eigenvalue weighted by Crippen LogP contribution is 2.08. The number of piperidine rings is 1. The summed E-state index contributed by atoms with van der Waals surface area (Å²) in [5.74, 6) is 0. The van der Waals surface area contributed by atoms with Crippen LogP contribution < -0.4 is 0 Å². The summed E-state index contributed by atoms with van der Waals surface area (Å²) in [5.41, 5.74) is 1.13. The van der Waals surface area contributed by atoms with Gasteiger partial charge in [0, 0.05) is 13.1 Å². The fraction of sp³-hybridized carbons (Fsp3) is 0.400. The molecule has 0 radical (unpaired) electrons. The molecule has 2 nitrogen and oxygen atoms in total. The second kappa shape index (κ2) is 8.57. The summed E-state index contributed by atoms with van der Waals surface area (Å²) < 4.78 is 0. The summed E-state index contributed by atoms with van der Waals surface area (Å²) >= 11 is 0. The predicted molar refractivity (Wildman–Crippen MR) is 72.7 cm³/mol. The molecule has 0 aromatic rings. The maximum Gasteiger partial charge on any atom is 0.142 e. The van der Waals surface area contributed by atoms with E-state index >= 15 is 0 Å². The van der Waals surface area contributed by atoms with Crippen LogP contribution >= 0.6 is 0 Å². The lowest BCUT2D eigenvalue weighted by Crippen LogP contribution is -2.23. The van der Waals surface area contributed by atoms with Crippen molar-refractivity contribution < 1.29 is 4.79 Å². The summed E-state index contributed by atoms with van der Waals surface area (Å²) in [5, 5.41) is 0. The Balaban J connectivity index is 2.32. The Bertz CT molecular complexity index is 331. The molecule has 0 N–H and O–H groups in total. The highest BCUT2D eigenvalue weighted by molar-refractivity contribution is 5.65. The molecule has 2 heteroatoms. The van der Waals surface area contributed by atoms with Crippen LogP contribution in [-0.4, -0.2) is 24.3 Å². The number of rotatable bonds is 5. The van der Waals surface area contributed by atoms with E-state index in [1.54, 1.807) is 6.08 Å². The van der Waals surface area contributed by atoms with Crippen LogP contribution in [0.15, 0.2) is 48.2 Å². The Kier molecular flexibility index (Phi) is 6.80. The molecule has 1 heterocycles. The molecule has 1 rings (SSSR count). The molecule has 1 fully saturated rings. The maximum absolute atomic E-state index is 10.1. The van der Waals surface area contributed by atoms with Gasteiger partial charge in [-0.3, -0.25) is 4.79 Å². The van der Waals surface area contributed by atoms with E-state index in [9.17, 15) is 4.79 Å². The summed E-state index contributed by atoms with van der Waals surface area (Å²) in [6.45, 7) is 4.38. The molecule has 0 amide bonds. The standard InChI is InChI=1S/C15H21NO/c1-15(10-4-8-14-17)9-3-7-13-16-11-5-2-6-12-16/h3-4,7-10,13-14H,2,5-6,11-12H2,1H3/b8-4+,9-3+,13-7+,15-10+. The summed E-state index contributed by atoms with van der Waals surface area (Å²) in [6.07, 6.45) is 18.2. The molecule has 1 aliphatic heterocycles. The summed E-state index contributed by atoms with van der Waals surface area (Å²) in [6, 6.07) is 0. The van der Waals surface area contributed by atoms with Crippen LogP contribution in [-0.2, 0) is 4.79 Å². The van der Waals surface area contributed by atoms with E-state index < -0.39 is 0 Å². The van der Waals surface area contributed by atoms with Gasteiger partial charge in [0.1, 0.15) is 6.29 Å². The lowest BCUT2D eigenvalue weighted by Gasteiger charge is -2.24. The molecule has 0 aromatic heterocycles. The van der Waals surface area contributed by atoms with E-state index in [2.05, 4.69) is 17.2 Å². The number of likely N-dealkylation sites (tertiary alicyclic amines) is 1. The van der Waals surface area contributed by atoms with Crippen molar-refractivity contribution in [3.63, 3.8) is 0 Å². The third-order valence-corrected chi connectivity index (χ3v) is 2.71. The van der Waals surface area contributed by atoms with Gasteiger partial charge in [0.2, 0.25) is 0 Å². The van der Waals surface area contributed by atoms with Crippen molar-refractivity contribution in [2.24, 2.45) is 0 Å². The average molecular weight is 231 g/mol. The van der Waals surface area contributed by atoms with Gasteiger partial charge in [0.15, 0.2) is 0 Å². The molecule has 1 saturated heterocycles. The van der Waals surface area contributed by atoms with E-state index in [0.717, 1.165) is 11.9 Å². The van der Waals surface area contributed by atoms with Gasteiger partial charge in [-0.25, -0.2) is 0 Å². The van der Waals surface area contributed by atoms with Gasteiger partial charge in [-0.05, 0) is 44.5 Å². The lowest BCUT2D eigenvalue weighted by atomic mass is 10.1. The molecule has 0 bridgehead atoms. The first-order chi connectivity index (χ1) is 8.33. The number of carbonyl (C=O) groups excluding carboxylic acids is 1. The van der Waals surface area contributed by atoms with Gasteiger partial charge >= 0.3 is 0 Å². The van der Waals surface area contributed by atoms with Crippen molar-refractivity contribution in [1.82, 2.24) is 4.90 Å². The van der Waals surface area contributed by atoms with Gasteiger partial charge < -0.3 is 4.90 Å². The molecule has 0 unspecified atom stereocenters. The highest BCUT2D eigenvalue weighted by Gasteiger charge is 2.03. The van der Waals surface area contributed by atoms with Crippen LogP contribution in [0.5, 0.6) is 0 Å². The monoisotopic (exact) mass is 231 g/mol. The zero-order valence-corrected chi connectivity index (χ0v) is 10.5. The Labute approximate surface area is 104 Å². The quantitative estimate of drug-likeness (QED) is 0.411. The molecule has 0 aliphatic carbocycles. The maximum atomic E-state index is 10.1. The number of hydrogen-bond donors (Lipinski definition) is 0. The number of allylic oxidation sites excluding steroid dienone is 7. The van der Waals surface area contributed by atoms with Gasteiger partial charge in [-0.1, -0.05) is 29.9 Å². The second-order valence-electron chi connectivity index (χ2n) is 4.23. The van der Waals surface area contributed by atoms with Crippen molar-refractivity contribution >= 4 is 6.29 Å². The molecule has 0 saturated carbocycles. The Morgan fingerprint density at radius 2 is 1.76 bits per heavy atom. The minimum Gasteiger partial charge on any atom is -0.377 e. The third kappa shape index (κ3) is 6.56. The molecule has 0 atom stereocenters. The zero-order chi connectivity index (χ0) is 12.3. The molecule has 92 valence electrons. The van der Waals surface area contributed by atoms with Crippen LogP contribution in [0, 0.1) is 0 Å². The number of hydrogen-bond acceptors (Lipinski definition) is 2. The Hall–Kier alpha value is -1.57. The van der Waals surface area contributed by atoms with Gasteiger partial charge in [-0.2, -0.15) is 0 Å². The normalized spacial score (nSPS) is 18.6. The minimum atomic E-state index is 0.782. The van der Waals surface area contributed by atoms with Crippen LogP contribution in [0.3, 0.4) is 0 Å². The second-order valence-corrected chi connectivity index (χ2v) is 4.23. The molecule has 17 heavy (non-hydrogen) atoms. The largest absolute Gasteiger partial charge is 0.377 e. The lowest BCUT2D eigenvalue weighted by molar-refractivity contribution is -0.104. The molecule has 0 aromatic carbocycles. The fourth-order valence-corrected chi connectivity index (χ4v) is 1.75. The van der Waals surface area contributed by atoms with E-state index in [1.165, 1.54) is 38.4 Å². The first-order valence-electron chi connectivity index (χ1n) is 6.20. The van der Waals surface area contributed by atoms with Gasteiger partial charge in [0.25, 0.3) is 0 Å². The van der Waals surface area contributed by atoms with Crippen LogP contribution in [0.4, 0.5) is 0 Å². The van der Waals surface area contributed by atoms with Gasteiger partial charge in [0.05, 0.1) is 0 Å². The number of aldehydes is 1. The van der Waals surface area contributed by atoms with E-state index in [4.69, 9.17) is 0 Å². The Morgan fingerprint density at radius 1 is 1.00 bits per heavy atom. The van der Waals surface area contributed by atoms with Crippen LogP contribution in [0.2, 0.25) is 0 Å². The summed E-state index contributed by atoms with van der Waals surface area (Å²) in [4.78, 5) is 12.4. The van der Waals surface area contributed by atoms with Crippen molar-refractivity contribution in [2.75, 3.05) is 13.1 Å². The van der Waals surface area contributed by atoms with Crippen molar-refractivity contribution in [1.29, 1.82) is 0 Å². The summed E-state index contributed by atoms with van der Waals surface area (Å²) in [7, 11) is 0. The first kappa shape index (κ1) is 13.5. The zero-order valence-electron chi connectivity index (χ0n) is 10.5. The van der Waals surface area contributed by atoms with E-state index in [1.807, 2.05) is 25.2 Å². The highest BCUT2D eigenvalue weighted by atomic mass is 16.1. The Morgan fingerprint density at radius 3 is 2.47 bits per heavy atom. The SMILES string of the molecule is CC(/C=C/C=C/N1CCCCC1)=C\C=C\C=O. The smallest absolute Gasteiger partial charge is 0.142 e.